The van der Waals surface area contributed by atoms with Gasteiger partial charge in [-0.1, -0.05) is 5.21 Å². The summed E-state index contributed by atoms with van der Waals surface area (Å²) in [6.45, 7) is -2.09. The van der Waals surface area contributed by atoms with Gasteiger partial charge in [0.1, 0.15) is 31.3 Å². The van der Waals surface area contributed by atoms with Gasteiger partial charge in [0.15, 0.2) is 5.69 Å². The van der Waals surface area contributed by atoms with Crippen LogP contribution in [0.2, 0.25) is 0 Å². The van der Waals surface area contributed by atoms with E-state index in [1.54, 1.807) is 29.8 Å². The Labute approximate surface area is 237 Å². The number of pyridine rings is 1. The zero-order chi connectivity index (χ0) is 32.0. The molecule has 0 radical (unpaired) electrons. The van der Waals surface area contributed by atoms with Crippen LogP contribution in [0.3, 0.4) is 0 Å². The second kappa shape index (κ2) is 16.0. The summed E-state index contributed by atoms with van der Waals surface area (Å²) >= 11 is 0. The molecule has 0 aliphatic heterocycles. The van der Waals surface area contributed by atoms with Gasteiger partial charge in [-0.05, 0) is 35.9 Å². The van der Waals surface area contributed by atoms with Crippen LogP contribution >= 0.6 is 0 Å². The molecule has 3 N–H and O–H groups in total. The van der Waals surface area contributed by atoms with Crippen LogP contribution in [-0.2, 0) is 16.1 Å². The quantitative estimate of drug-likeness (QED) is 0.204. The van der Waals surface area contributed by atoms with E-state index < -0.39 is 43.4 Å². The number of hydrogen-bond donors (Lipinski definition) is 3. The minimum atomic E-state index is -5.08. The monoisotopic (exact) mass is 624 g/mol. The van der Waals surface area contributed by atoms with Crippen molar-refractivity contribution in [2.24, 2.45) is 0 Å². The lowest BCUT2D eigenvalue weighted by atomic mass is 10.1. The molecule has 0 saturated carbocycles. The molecule has 0 fully saturated rings. The van der Waals surface area contributed by atoms with Gasteiger partial charge in [0.2, 0.25) is 0 Å². The molecule has 0 saturated heterocycles. The number of alkyl halides is 7. The number of halogens is 7. The SMILES string of the molecule is O=C(NCC(F)(F)F)c1ccc(-n2cc(C(=O)NCc3ccncc3)nn2)c(OCCOCCF)c1.O=C(O)C(F)(F)F. The summed E-state index contributed by atoms with van der Waals surface area (Å²) in [5, 5.41) is 19.3. The average molecular weight is 624 g/mol. The van der Waals surface area contributed by atoms with Crippen molar-refractivity contribution in [3.8, 4) is 11.4 Å². The van der Waals surface area contributed by atoms with E-state index in [1.165, 1.54) is 29.1 Å². The van der Waals surface area contributed by atoms with Crippen molar-refractivity contribution in [3.05, 3.63) is 65.7 Å². The van der Waals surface area contributed by atoms with Crippen LogP contribution in [0, 0.1) is 0 Å². The van der Waals surface area contributed by atoms with Gasteiger partial charge in [0.05, 0.1) is 19.4 Å². The van der Waals surface area contributed by atoms with Gasteiger partial charge in [-0.25, -0.2) is 13.9 Å². The first-order chi connectivity index (χ1) is 20.2. The number of nitrogens with one attached hydrogen (secondary N) is 2. The second-order valence-corrected chi connectivity index (χ2v) is 8.02. The van der Waals surface area contributed by atoms with Gasteiger partial charge < -0.3 is 25.2 Å². The van der Waals surface area contributed by atoms with Crippen molar-refractivity contribution in [1.82, 2.24) is 30.6 Å². The van der Waals surface area contributed by atoms with Gasteiger partial charge >= 0.3 is 18.3 Å². The van der Waals surface area contributed by atoms with Crippen LogP contribution in [0.4, 0.5) is 30.7 Å². The zero-order valence-corrected chi connectivity index (χ0v) is 21.8. The molecule has 3 rings (SSSR count). The highest BCUT2D eigenvalue weighted by Gasteiger charge is 2.38. The van der Waals surface area contributed by atoms with Gasteiger partial charge in [0, 0.05) is 24.5 Å². The Morgan fingerprint density at radius 1 is 0.930 bits per heavy atom. The molecule has 2 heterocycles. The summed E-state index contributed by atoms with van der Waals surface area (Å²) in [4.78, 5) is 37.4. The van der Waals surface area contributed by atoms with Crippen molar-refractivity contribution < 1.29 is 59.7 Å². The average Bonchev–Trinajstić information content (AvgIpc) is 3.45. The molecule has 234 valence electrons. The Hall–Kier alpha value is -4.81. The van der Waals surface area contributed by atoms with Crippen LogP contribution in [-0.4, -0.2) is 88.3 Å². The number of ether oxygens (including phenoxy) is 2. The van der Waals surface area contributed by atoms with Crippen LogP contribution in [0.25, 0.3) is 5.69 Å². The maximum atomic E-state index is 12.5. The number of aromatic nitrogens is 4. The van der Waals surface area contributed by atoms with E-state index in [4.69, 9.17) is 19.4 Å². The van der Waals surface area contributed by atoms with Crippen LogP contribution < -0.4 is 15.4 Å². The van der Waals surface area contributed by atoms with E-state index in [2.05, 4.69) is 20.6 Å². The lowest BCUT2D eigenvalue weighted by Gasteiger charge is -2.14. The summed E-state index contributed by atoms with van der Waals surface area (Å²) < 4.78 is 93.1. The zero-order valence-electron chi connectivity index (χ0n) is 21.8. The molecular weight excluding hydrogens is 601 g/mol. The molecule has 0 aliphatic carbocycles. The second-order valence-electron chi connectivity index (χ2n) is 8.02. The molecule has 0 atom stereocenters. The Bertz CT molecular complexity index is 1350. The molecule has 2 aromatic heterocycles. The normalized spacial score (nSPS) is 11.2. The van der Waals surface area contributed by atoms with Gasteiger partial charge in [-0.3, -0.25) is 14.6 Å². The third-order valence-electron chi connectivity index (χ3n) is 4.80. The first-order valence-corrected chi connectivity index (χ1v) is 11.9. The number of carbonyl (C=O) groups excluding carboxylic acids is 2. The van der Waals surface area contributed by atoms with Gasteiger partial charge in [-0.2, -0.15) is 26.3 Å². The van der Waals surface area contributed by atoms with Crippen LogP contribution in [0.5, 0.6) is 5.75 Å². The molecule has 0 aliphatic rings. The largest absolute Gasteiger partial charge is 0.490 e. The van der Waals surface area contributed by atoms with Crippen molar-refractivity contribution in [3.63, 3.8) is 0 Å². The highest BCUT2D eigenvalue weighted by atomic mass is 19.4. The number of amides is 2. The summed E-state index contributed by atoms with van der Waals surface area (Å²) in [5.41, 5.74) is 0.982. The van der Waals surface area contributed by atoms with E-state index >= 15 is 0 Å². The van der Waals surface area contributed by atoms with E-state index in [0.717, 1.165) is 5.56 Å². The van der Waals surface area contributed by atoms with Gasteiger partial charge in [-0.15, -0.1) is 5.10 Å². The molecule has 19 heteroatoms. The van der Waals surface area contributed by atoms with Crippen molar-refractivity contribution in [2.45, 2.75) is 18.9 Å². The minimum absolute atomic E-state index is 0.00622. The number of carboxylic acids is 1. The Morgan fingerprint density at radius 3 is 2.21 bits per heavy atom. The van der Waals surface area contributed by atoms with Gasteiger partial charge in [0.25, 0.3) is 11.8 Å². The Morgan fingerprint density at radius 2 is 1.60 bits per heavy atom. The molecule has 0 bridgehead atoms. The fraction of sp³-hybridized carbons (Fsp3) is 0.333. The highest BCUT2D eigenvalue weighted by Crippen LogP contribution is 2.25. The molecular formula is C24H23F7N6O6. The third-order valence-corrected chi connectivity index (χ3v) is 4.80. The predicted molar refractivity (Wildman–Crippen MR) is 131 cm³/mol. The predicted octanol–water partition coefficient (Wildman–Crippen LogP) is 2.88. The lowest BCUT2D eigenvalue weighted by molar-refractivity contribution is -0.192. The van der Waals surface area contributed by atoms with E-state index in [-0.39, 0.29) is 49.1 Å². The fourth-order valence-corrected chi connectivity index (χ4v) is 2.87. The number of rotatable bonds is 12. The first kappa shape index (κ1) is 34.4. The standard InChI is InChI=1S/C22H22F4N6O4.C2HF3O2/c23-5-8-35-9-10-36-19-11-16(20(33)29-14-22(24,25)26)1-2-18(19)32-13-17(30-31-32)21(34)28-12-15-3-6-27-7-4-15;3-2(4,5)1(6)7/h1-4,6-7,11,13H,5,8-10,12,14H2,(H,28,34)(H,29,33);(H,6,7). The summed E-state index contributed by atoms with van der Waals surface area (Å²) in [7, 11) is 0. The third kappa shape index (κ3) is 12.3. The number of carbonyl (C=O) groups is 3. The number of hydrogen-bond acceptors (Lipinski definition) is 8. The van der Waals surface area contributed by atoms with E-state index in [1.807, 2.05) is 0 Å². The number of benzene rings is 1. The lowest BCUT2D eigenvalue weighted by Crippen LogP contribution is -2.33. The topological polar surface area (TPSA) is 158 Å². The first-order valence-electron chi connectivity index (χ1n) is 11.9. The molecule has 12 nitrogen and oxygen atoms in total. The van der Waals surface area contributed by atoms with Crippen molar-refractivity contribution >= 4 is 17.8 Å². The number of nitrogens with zero attached hydrogens (tertiary/aromatic N) is 4. The summed E-state index contributed by atoms with van der Waals surface area (Å²) in [6, 6.07) is 7.36. The summed E-state index contributed by atoms with van der Waals surface area (Å²) in [5.74, 6) is -4.16. The minimum Gasteiger partial charge on any atom is -0.489 e. The number of carboxylic acid groups (broad SMARTS) is 1. The van der Waals surface area contributed by atoms with E-state index in [9.17, 15) is 40.3 Å². The fourth-order valence-electron chi connectivity index (χ4n) is 2.87. The van der Waals surface area contributed by atoms with Crippen molar-refractivity contribution in [2.75, 3.05) is 33.0 Å². The highest BCUT2D eigenvalue weighted by molar-refractivity contribution is 5.95. The van der Waals surface area contributed by atoms with Crippen molar-refractivity contribution in [1.29, 1.82) is 0 Å². The Balaban J connectivity index is 0.000000821. The Kier molecular flexibility index (Phi) is 12.8. The molecule has 43 heavy (non-hydrogen) atoms. The molecule has 0 spiro atoms. The smallest absolute Gasteiger partial charge is 0.489 e. The maximum Gasteiger partial charge on any atom is 0.490 e. The number of aliphatic carboxylic acids is 1. The molecule has 1 aromatic carbocycles. The van der Waals surface area contributed by atoms with Crippen LogP contribution in [0.1, 0.15) is 26.4 Å². The molecule has 0 unspecified atom stereocenters. The molecule has 2 amide bonds. The van der Waals surface area contributed by atoms with E-state index in [0.29, 0.717) is 0 Å². The molecule has 3 aromatic rings. The summed E-state index contributed by atoms with van der Waals surface area (Å²) in [6.07, 6.45) is -5.14. The van der Waals surface area contributed by atoms with Crippen LogP contribution in [0.15, 0.2) is 48.9 Å². The maximum absolute atomic E-state index is 12.5.